The smallest absolute Gasteiger partial charge is 0.0961 e. The third-order valence-electron chi connectivity index (χ3n) is 2.10. The molecule has 0 spiro atoms. The fourth-order valence-electron chi connectivity index (χ4n) is 1.33. The zero-order valence-corrected chi connectivity index (χ0v) is 10.00. The molecule has 2 nitrogen and oxygen atoms in total. The van der Waals surface area contributed by atoms with E-state index in [1.165, 1.54) is 0 Å². The van der Waals surface area contributed by atoms with Crippen molar-refractivity contribution in [2.75, 3.05) is 13.2 Å². The summed E-state index contributed by atoms with van der Waals surface area (Å²) in [4.78, 5) is 0. The van der Waals surface area contributed by atoms with Gasteiger partial charge in [-0.2, -0.15) is 0 Å². The van der Waals surface area contributed by atoms with E-state index in [-0.39, 0.29) is 6.10 Å². The first kappa shape index (κ1) is 12.5. The molecule has 0 fully saturated rings. The monoisotopic (exact) mass is 227 g/mol. The number of hydrogen-bond donors (Lipinski definition) is 1. The second-order valence-electron chi connectivity index (χ2n) is 3.97. The van der Waals surface area contributed by atoms with Crippen molar-refractivity contribution in [3.05, 3.63) is 34.9 Å². The van der Waals surface area contributed by atoms with Crippen LogP contribution in [-0.2, 0) is 4.74 Å². The second kappa shape index (κ2) is 6.11. The van der Waals surface area contributed by atoms with Crippen molar-refractivity contribution in [1.82, 2.24) is 0 Å². The van der Waals surface area contributed by atoms with Crippen LogP contribution in [0.25, 0.3) is 0 Å². The van der Waals surface area contributed by atoms with Crippen molar-refractivity contribution in [3.63, 3.8) is 0 Å². The summed E-state index contributed by atoms with van der Waals surface area (Å²) in [7, 11) is 0. The average Bonchev–Trinajstić information content (AvgIpc) is 2.21. The molecule has 0 amide bonds. The predicted octanol–water partition coefficient (Wildman–Crippen LogP) is 3.01. The first-order chi connectivity index (χ1) is 7.15. The Bertz CT molecular complexity index is 301. The Balaban J connectivity index is 2.70. The molecule has 0 aliphatic carbocycles. The maximum Gasteiger partial charge on any atom is 0.0961 e. The fourth-order valence-corrected chi connectivity index (χ4v) is 1.59. The van der Waals surface area contributed by atoms with Crippen molar-refractivity contribution < 1.29 is 4.74 Å². The van der Waals surface area contributed by atoms with Gasteiger partial charge in [-0.15, -0.1) is 0 Å². The lowest BCUT2D eigenvalue weighted by atomic mass is 10.1. The molecule has 1 atom stereocenters. The largest absolute Gasteiger partial charge is 0.372 e. The van der Waals surface area contributed by atoms with Gasteiger partial charge in [0.05, 0.1) is 6.10 Å². The van der Waals surface area contributed by atoms with Gasteiger partial charge in [0.15, 0.2) is 0 Å². The minimum atomic E-state index is -0.0962. The molecule has 84 valence electrons. The van der Waals surface area contributed by atoms with Crippen molar-refractivity contribution in [2.45, 2.75) is 20.0 Å². The number of benzene rings is 1. The number of halogens is 1. The molecule has 0 saturated heterocycles. The van der Waals surface area contributed by atoms with Crippen LogP contribution in [0, 0.1) is 5.92 Å². The number of hydrogen-bond acceptors (Lipinski definition) is 2. The van der Waals surface area contributed by atoms with Crippen LogP contribution in [-0.4, -0.2) is 13.2 Å². The minimum Gasteiger partial charge on any atom is -0.372 e. The molecular weight excluding hydrogens is 210 g/mol. The summed E-state index contributed by atoms with van der Waals surface area (Å²) >= 11 is 6.08. The predicted molar refractivity (Wildman–Crippen MR) is 64.0 cm³/mol. The normalized spacial score (nSPS) is 13.1. The summed E-state index contributed by atoms with van der Waals surface area (Å²) in [5.41, 5.74) is 6.65. The Kier molecular flexibility index (Phi) is 5.09. The highest BCUT2D eigenvalue weighted by atomic mass is 35.5. The topological polar surface area (TPSA) is 35.2 Å². The summed E-state index contributed by atoms with van der Waals surface area (Å²) in [6, 6.07) is 7.67. The Labute approximate surface area is 96.4 Å². The summed E-state index contributed by atoms with van der Waals surface area (Å²) in [6.45, 7) is 5.38. The van der Waals surface area contributed by atoms with Gasteiger partial charge in [0.1, 0.15) is 0 Å². The van der Waals surface area contributed by atoms with E-state index in [1.54, 1.807) is 0 Å². The van der Waals surface area contributed by atoms with Crippen LogP contribution in [0.3, 0.4) is 0 Å². The highest BCUT2D eigenvalue weighted by Crippen LogP contribution is 2.24. The van der Waals surface area contributed by atoms with E-state index >= 15 is 0 Å². The lowest BCUT2D eigenvalue weighted by molar-refractivity contribution is 0.0406. The van der Waals surface area contributed by atoms with Gasteiger partial charge < -0.3 is 10.5 Å². The molecule has 15 heavy (non-hydrogen) atoms. The van der Waals surface area contributed by atoms with Crippen LogP contribution in [0.5, 0.6) is 0 Å². The lowest BCUT2D eigenvalue weighted by Crippen LogP contribution is -2.18. The SMILES string of the molecule is CC(C)COC(CN)c1ccccc1Cl. The molecule has 0 aromatic heterocycles. The molecule has 0 saturated carbocycles. The summed E-state index contributed by atoms with van der Waals surface area (Å²) in [5, 5.41) is 0.719. The molecule has 2 N–H and O–H groups in total. The third kappa shape index (κ3) is 3.82. The molecule has 1 aromatic carbocycles. The van der Waals surface area contributed by atoms with Crippen molar-refractivity contribution in [3.8, 4) is 0 Å². The highest BCUT2D eigenvalue weighted by Gasteiger charge is 2.13. The quantitative estimate of drug-likeness (QED) is 0.840. The van der Waals surface area contributed by atoms with E-state index in [0.717, 1.165) is 10.6 Å². The van der Waals surface area contributed by atoms with Gasteiger partial charge in [-0.25, -0.2) is 0 Å². The summed E-state index contributed by atoms with van der Waals surface area (Å²) in [5.74, 6) is 0.501. The maximum atomic E-state index is 6.08. The zero-order chi connectivity index (χ0) is 11.3. The van der Waals surface area contributed by atoms with Gasteiger partial charge in [-0.1, -0.05) is 43.6 Å². The van der Waals surface area contributed by atoms with E-state index in [4.69, 9.17) is 22.1 Å². The van der Waals surface area contributed by atoms with E-state index in [0.29, 0.717) is 19.1 Å². The lowest BCUT2D eigenvalue weighted by Gasteiger charge is -2.18. The molecule has 3 heteroatoms. The van der Waals surface area contributed by atoms with Crippen molar-refractivity contribution >= 4 is 11.6 Å². The average molecular weight is 228 g/mol. The van der Waals surface area contributed by atoms with Gasteiger partial charge in [0, 0.05) is 23.7 Å². The van der Waals surface area contributed by atoms with Crippen molar-refractivity contribution in [1.29, 1.82) is 0 Å². The van der Waals surface area contributed by atoms with Crippen LogP contribution < -0.4 is 5.73 Å². The standard InChI is InChI=1S/C12H18ClNO/c1-9(2)8-15-12(7-14)10-5-3-4-6-11(10)13/h3-6,9,12H,7-8,14H2,1-2H3. The van der Waals surface area contributed by atoms with Gasteiger partial charge in [0.2, 0.25) is 0 Å². The van der Waals surface area contributed by atoms with Gasteiger partial charge >= 0.3 is 0 Å². The van der Waals surface area contributed by atoms with Crippen LogP contribution >= 0.6 is 11.6 Å². The molecule has 0 aliphatic rings. The fraction of sp³-hybridized carbons (Fsp3) is 0.500. The summed E-state index contributed by atoms with van der Waals surface area (Å²) < 4.78 is 5.71. The molecular formula is C12H18ClNO. The number of rotatable bonds is 5. The van der Waals surface area contributed by atoms with E-state index in [2.05, 4.69) is 13.8 Å². The number of ether oxygens (including phenoxy) is 1. The highest BCUT2D eigenvalue weighted by molar-refractivity contribution is 6.31. The minimum absolute atomic E-state index is 0.0962. The maximum absolute atomic E-state index is 6.08. The van der Waals surface area contributed by atoms with Gasteiger partial charge in [0.25, 0.3) is 0 Å². The molecule has 0 aliphatic heterocycles. The molecule has 1 aromatic rings. The van der Waals surface area contributed by atoms with Crippen molar-refractivity contribution in [2.24, 2.45) is 11.7 Å². The molecule has 1 rings (SSSR count). The Morgan fingerprint density at radius 2 is 2.00 bits per heavy atom. The zero-order valence-electron chi connectivity index (χ0n) is 9.24. The second-order valence-corrected chi connectivity index (χ2v) is 4.38. The molecule has 1 unspecified atom stereocenters. The number of nitrogens with two attached hydrogens (primary N) is 1. The Morgan fingerprint density at radius 3 is 2.53 bits per heavy atom. The first-order valence-corrected chi connectivity index (χ1v) is 5.59. The molecule has 0 radical (unpaired) electrons. The van der Waals surface area contributed by atoms with E-state index in [1.807, 2.05) is 24.3 Å². The van der Waals surface area contributed by atoms with Gasteiger partial charge in [-0.05, 0) is 12.0 Å². The Hall–Kier alpha value is -0.570. The van der Waals surface area contributed by atoms with Crippen LogP contribution in [0.1, 0.15) is 25.5 Å². The summed E-state index contributed by atoms with van der Waals surface area (Å²) in [6.07, 6.45) is -0.0962. The Morgan fingerprint density at radius 1 is 1.33 bits per heavy atom. The van der Waals surface area contributed by atoms with Gasteiger partial charge in [-0.3, -0.25) is 0 Å². The van der Waals surface area contributed by atoms with Crippen LogP contribution in [0.15, 0.2) is 24.3 Å². The van der Waals surface area contributed by atoms with E-state index < -0.39 is 0 Å². The molecule has 0 heterocycles. The first-order valence-electron chi connectivity index (χ1n) is 5.21. The third-order valence-corrected chi connectivity index (χ3v) is 2.44. The van der Waals surface area contributed by atoms with E-state index in [9.17, 15) is 0 Å². The van der Waals surface area contributed by atoms with Crippen LogP contribution in [0.4, 0.5) is 0 Å². The van der Waals surface area contributed by atoms with Crippen LogP contribution in [0.2, 0.25) is 5.02 Å². The molecule has 0 bridgehead atoms.